The van der Waals surface area contributed by atoms with Crippen LogP contribution in [0.3, 0.4) is 0 Å². The minimum absolute atomic E-state index is 0.192. The van der Waals surface area contributed by atoms with Gasteiger partial charge in [0, 0.05) is 22.3 Å². The Morgan fingerprint density at radius 1 is 0.500 bits per heavy atom. The fourth-order valence-corrected chi connectivity index (χ4v) is 4.89. The van der Waals surface area contributed by atoms with E-state index in [0.29, 0.717) is 18.2 Å². The Balaban J connectivity index is 2.29. The normalized spacial score (nSPS) is 15.9. The summed E-state index contributed by atoms with van der Waals surface area (Å²) >= 11 is 0. The molecule has 0 amide bonds. The van der Waals surface area contributed by atoms with Gasteiger partial charge in [0.05, 0.1) is 56.7 Å². The van der Waals surface area contributed by atoms with Crippen molar-refractivity contribution in [2.45, 2.75) is 18.5 Å². The molecule has 1 fully saturated rings. The van der Waals surface area contributed by atoms with Crippen LogP contribution in [-0.4, -0.2) is 0 Å². The Morgan fingerprint density at radius 3 is 1.44 bits per heavy atom. The van der Waals surface area contributed by atoms with Crippen LogP contribution in [0.1, 0.15) is 44.5 Å². The van der Waals surface area contributed by atoms with E-state index >= 15 is 8.78 Å². The third kappa shape index (κ3) is 6.09. The average Bonchev–Trinajstić information content (AvgIpc) is 3.74. The van der Waals surface area contributed by atoms with Crippen LogP contribution >= 0.6 is 0 Å². The number of hydrogen-bond donors (Lipinski definition) is 0. The fourth-order valence-electron chi connectivity index (χ4n) is 4.89. The van der Waals surface area contributed by atoms with Gasteiger partial charge in [0.15, 0.2) is 23.3 Å². The van der Waals surface area contributed by atoms with Crippen molar-refractivity contribution in [3.05, 3.63) is 121 Å². The van der Waals surface area contributed by atoms with Crippen LogP contribution in [0.25, 0.3) is 16.7 Å². The van der Waals surface area contributed by atoms with Crippen LogP contribution in [0.2, 0.25) is 0 Å². The van der Waals surface area contributed by atoms with Gasteiger partial charge in [-0.15, -0.1) is 0 Å². The molecule has 18 heteroatoms. The number of nitrogens with zero attached hydrogens (tertiary/aromatic N) is 5. The number of halogens is 13. The lowest BCUT2D eigenvalue weighted by Crippen LogP contribution is -2.17. The zero-order valence-electron chi connectivity index (χ0n) is 23.6. The van der Waals surface area contributed by atoms with Crippen molar-refractivity contribution in [3.63, 3.8) is 0 Å². The standard InChI is InChI=1S/C32H6F13N5/c33-26-24(27(34)29(36)25(28(26)35)32(43,44)45)18(11-50)23-21(16(9-48)13-2-3-14(8-47)19(6-13)30(37,38)39)22(23)17(10-49)15-4-1-12(7-46)5-20(15)31(40,41)42/h1-6H/b21-16?,22-17+,23-18-. The maximum atomic E-state index is 15.1. The van der Waals surface area contributed by atoms with Gasteiger partial charge in [-0.1, -0.05) is 12.1 Å². The molecule has 0 atom stereocenters. The second-order valence-electron chi connectivity index (χ2n) is 9.83. The molecule has 0 aliphatic heterocycles. The van der Waals surface area contributed by atoms with Crippen LogP contribution in [0.15, 0.2) is 53.1 Å². The summed E-state index contributed by atoms with van der Waals surface area (Å²) in [6, 6.07) is 9.27. The number of nitriles is 5. The first kappa shape index (κ1) is 36.3. The molecule has 1 aliphatic carbocycles. The summed E-state index contributed by atoms with van der Waals surface area (Å²) in [5, 5.41) is 48.1. The molecule has 50 heavy (non-hydrogen) atoms. The van der Waals surface area contributed by atoms with E-state index in [2.05, 4.69) is 0 Å². The second-order valence-corrected chi connectivity index (χ2v) is 9.83. The van der Waals surface area contributed by atoms with Crippen LogP contribution in [0.5, 0.6) is 0 Å². The van der Waals surface area contributed by atoms with Crippen molar-refractivity contribution < 1.29 is 57.1 Å². The van der Waals surface area contributed by atoms with Crippen molar-refractivity contribution in [1.82, 2.24) is 0 Å². The molecule has 0 saturated heterocycles. The predicted molar refractivity (Wildman–Crippen MR) is 141 cm³/mol. The molecule has 1 saturated carbocycles. The molecule has 250 valence electrons. The van der Waals surface area contributed by atoms with Gasteiger partial charge >= 0.3 is 18.5 Å². The van der Waals surface area contributed by atoms with Gasteiger partial charge in [-0.05, 0) is 29.8 Å². The molecule has 1 aliphatic rings. The second kappa shape index (κ2) is 12.5. The fraction of sp³-hybridized carbons (Fsp3) is 0.0938. The quantitative estimate of drug-likeness (QED) is 0.153. The highest BCUT2D eigenvalue weighted by Crippen LogP contribution is 2.57. The molecule has 0 N–H and O–H groups in total. The zero-order chi connectivity index (χ0) is 37.7. The van der Waals surface area contributed by atoms with Gasteiger partial charge in [-0.25, -0.2) is 17.6 Å². The lowest BCUT2D eigenvalue weighted by atomic mass is 9.96. The van der Waals surface area contributed by atoms with Gasteiger partial charge in [-0.3, -0.25) is 0 Å². The Labute approximate surface area is 270 Å². The summed E-state index contributed by atoms with van der Waals surface area (Å²) in [4.78, 5) is 0. The number of rotatable bonds is 3. The largest absolute Gasteiger partial charge is 0.422 e. The van der Waals surface area contributed by atoms with Crippen molar-refractivity contribution in [1.29, 1.82) is 26.3 Å². The monoisotopic (exact) mass is 707 g/mol. The summed E-state index contributed by atoms with van der Waals surface area (Å²) < 4.78 is 183. The van der Waals surface area contributed by atoms with Gasteiger partial charge in [0.25, 0.3) is 0 Å². The molecule has 3 aromatic carbocycles. The van der Waals surface area contributed by atoms with E-state index in [1.54, 1.807) is 0 Å². The van der Waals surface area contributed by atoms with Gasteiger partial charge in [0.1, 0.15) is 23.8 Å². The van der Waals surface area contributed by atoms with Gasteiger partial charge < -0.3 is 0 Å². The zero-order valence-corrected chi connectivity index (χ0v) is 23.6. The molecule has 0 bridgehead atoms. The van der Waals surface area contributed by atoms with Crippen LogP contribution in [-0.2, 0) is 18.5 Å². The third-order valence-electron chi connectivity index (χ3n) is 7.03. The van der Waals surface area contributed by atoms with Crippen LogP contribution in [0, 0.1) is 79.9 Å². The van der Waals surface area contributed by atoms with Crippen LogP contribution in [0.4, 0.5) is 57.1 Å². The highest BCUT2D eigenvalue weighted by molar-refractivity contribution is 6.12. The van der Waals surface area contributed by atoms with Crippen LogP contribution < -0.4 is 0 Å². The number of alkyl halides is 9. The molecule has 3 aromatic rings. The maximum absolute atomic E-state index is 15.1. The van der Waals surface area contributed by atoms with E-state index < -0.39 is 120 Å². The first-order valence-electron chi connectivity index (χ1n) is 12.8. The summed E-state index contributed by atoms with van der Waals surface area (Å²) in [6.45, 7) is 0. The third-order valence-corrected chi connectivity index (χ3v) is 7.03. The summed E-state index contributed by atoms with van der Waals surface area (Å²) in [6.07, 6.45) is -16.7. The van der Waals surface area contributed by atoms with E-state index in [4.69, 9.17) is 10.5 Å². The number of allylic oxidation sites excluding steroid dienone is 6. The average molecular weight is 707 g/mol. The molecule has 0 radical (unpaired) electrons. The molecule has 0 aromatic heterocycles. The molecule has 0 spiro atoms. The smallest absolute Gasteiger partial charge is 0.203 e. The van der Waals surface area contributed by atoms with Crippen molar-refractivity contribution >= 4 is 16.7 Å². The predicted octanol–water partition coefficient (Wildman–Crippen LogP) is 9.29. The Hall–Kier alpha value is -6.58. The highest BCUT2D eigenvalue weighted by atomic mass is 19.4. The van der Waals surface area contributed by atoms with E-state index in [1.807, 2.05) is 0 Å². The summed E-state index contributed by atoms with van der Waals surface area (Å²) in [5.41, 5.74) is -19.3. The van der Waals surface area contributed by atoms with E-state index in [-0.39, 0.29) is 12.1 Å². The van der Waals surface area contributed by atoms with Crippen molar-refractivity contribution in [3.8, 4) is 30.3 Å². The Morgan fingerprint density at radius 2 is 1.00 bits per heavy atom. The SMILES string of the molecule is N#CC(=C1C(=C(/C#N)c2ccc(C#N)cc2C(F)(F)F)/C1=C(/C#N)c1c(F)c(F)c(C(F)(F)F)c(F)c1F)c1ccc(C#N)c(C(F)(F)F)c1. The van der Waals surface area contributed by atoms with Gasteiger partial charge in [0.2, 0.25) is 0 Å². The molecular weight excluding hydrogens is 701 g/mol. The molecular formula is C32H6F13N5. The minimum atomic E-state index is -6.04. The minimum Gasteiger partial charge on any atom is -0.203 e. The summed E-state index contributed by atoms with van der Waals surface area (Å²) in [7, 11) is 0. The highest BCUT2D eigenvalue weighted by Gasteiger charge is 2.47. The summed E-state index contributed by atoms with van der Waals surface area (Å²) in [5.74, 6) is -11.8. The topological polar surface area (TPSA) is 119 Å². The molecule has 0 heterocycles. The number of benzene rings is 3. The van der Waals surface area contributed by atoms with E-state index in [1.165, 1.54) is 24.3 Å². The molecule has 5 nitrogen and oxygen atoms in total. The lowest BCUT2D eigenvalue weighted by molar-refractivity contribution is -0.143. The van der Waals surface area contributed by atoms with Crippen molar-refractivity contribution in [2.24, 2.45) is 0 Å². The lowest BCUT2D eigenvalue weighted by Gasteiger charge is -2.13. The molecule has 4 rings (SSSR count). The Kier molecular flexibility index (Phi) is 9.04. The maximum Gasteiger partial charge on any atom is 0.422 e. The number of hydrogen-bond acceptors (Lipinski definition) is 5. The van der Waals surface area contributed by atoms with Gasteiger partial charge in [-0.2, -0.15) is 65.8 Å². The molecule has 0 unspecified atom stereocenters. The first-order chi connectivity index (χ1) is 23.2. The van der Waals surface area contributed by atoms with Crippen molar-refractivity contribution in [2.75, 3.05) is 0 Å². The van der Waals surface area contributed by atoms with E-state index in [9.17, 15) is 64.1 Å². The Bertz CT molecular complexity index is 2290. The van der Waals surface area contributed by atoms with E-state index in [0.717, 1.165) is 12.1 Å². The first-order valence-corrected chi connectivity index (χ1v) is 12.8.